The number of unbranched alkanes of at least 4 members (excludes halogenated alkanes) is 1. The van der Waals surface area contributed by atoms with Crippen molar-refractivity contribution in [2.24, 2.45) is 0 Å². The van der Waals surface area contributed by atoms with Crippen LogP contribution in [-0.4, -0.2) is 15.0 Å². The smallest absolute Gasteiger partial charge is 1.00 e. The third kappa shape index (κ3) is 9.91. The second-order valence-electron chi connectivity index (χ2n) is 1.36. The fourth-order valence-corrected chi connectivity index (χ4v) is 1.54. The molecule has 0 aromatic heterocycles. The molecule has 0 unspecified atom stereocenters. The summed E-state index contributed by atoms with van der Waals surface area (Å²) in [7, 11) is 0. The predicted octanol–water partition coefficient (Wildman–Crippen LogP) is 1.85. The van der Waals surface area contributed by atoms with E-state index in [1.807, 2.05) is 0 Å². The van der Waals surface area contributed by atoms with E-state index in [4.69, 9.17) is 6.58 Å². The van der Waals surface area contributed by atoms with Crippen LogP contribution in [0, 0.1) is 6.58 Å². The van der Waals surface area contributed by atoms with Gasteiger partial charge in [0.25, 0.3) is 0 Å². The molecule has 0 saturated carbocycles. The van der Waals surface area contributed by atoms with Crippen molar-refractivity contribution in [3.63, 3.8) is 0 Å². The van der Waals surface area contributed by atoms with Crippen LogP contribution in [0.15, 0.2) is 4.97 Å². The fourth-order valence-electron chi connectivity index (χ4n) is 0.296. The minimum absolute atomic E-state index is 0. The molecule has 0 spiro atoms. The molecule has 0 amide bonds. The Labute approximate surface area is 68.8 Å². The van der Waals surface area contributed by atoms with Crippen LogP contribution in [-0.2, 0) is 17.1 Å². The first-order valence-electron chi connectivity index (χ1n) is 2.56. The van der Waals surface area contributed by atoms with Gasteiger partial charge in [-0.05, 0) is 0 Å². The second kappa shape index (κ2) is 10.7. The van der Waals surface area contributed by atoms with Crippen LogP contribution in [0.25, 0.3) is 0 Å². The van der Waals surface area contributed by atoms with Gasteiger partial charge in [0, 0.05) is 0 Å². The Hall–Kier alpha value is 0.779. The molecular weight excluding hydrogens is 215 g/mol. The van der Waals surface area contributed by atoms with E-state index in [-0.39, 0.29) is 17.1 Å². The third-order valence-corrected chi connectivity index (χ3v) is 2.22. The van der Waals surface area contributed by atoms with Crippen molar-refractivity contribution in [3.05, 3.63) is 11.6 Å². The Kier molecular flexibility index (Phi) is 15.5. The third-order valence-electron chi connectivity index (χ3n) is 0.712. The van der Waals surface area contributed by atoms with Gasteiger partial charge in [-0.3, -0.25) is 0 Å². The summed E-state index contributed by atoms with van der Waals surface area (Å²) in [5, 5.41) is 1.32. The van der Waals surface area contributed by atoms with Gasteiger partial charge in [0.2, 0.25) is 0 Å². The summed E-state index contributed by atoms with van der Waals surface area (Å²) in [6.07, 6.45) is 2.64. The quantitative estimate of drug-likeness (QED) is 0.389. The monoisotopic (exact) mass is 226 g/mol. The molecule has 0 nitrogen and oxygen atoms in total. The van der Waals surface area contributed by atoms with Gasteiger partial charge in [0.1, 0.15) is 0 Å². The van der Waals surface area contributed by atoms with Crippen molar-refractivity contribution >= 4 is 15.0 Å². The summed E-state index contributed by atoms with van der Waals surface area (Å²) < 4.78 is 0. The van der Waals surface area contributed by atoms with Gasteiger partial charge in [0.05, 0.1) is 0 Å². The minimum atomic E-state index is 0. The normalized spacial score (nSPS) is 7.62. The SMILES string of the molecule is [CH-]=C[Se]CCCC.[Cu+]. The van der Waals surface area contributed by atoms with E-state index in [0.29, 0.717) is 15.0 Å². The first kappa shape index (κ1) is 11.6. The Bertz CT molecular complexity index is 45.8. The number of hydrogen-bond donors (Lipinski definition) is 0. The summed E-state index contributed by atoms with van der Waals surface area (Å²) in [5.74, 6) is 0. The van der Waals surface area contributed by atoms with E-state index in [0.717, 1.165) is 0 Å². The van der Waals surface area contributed by atoms with Gasteiger partial charge in [-0.25, -0.2) is 0 Å². The van der Waals surface area contributed by atoms with Gasteiger partial charge in [0.15, 0.2) is 0 Å². The molecule has 0 aliphatic heterocycles. The zero-order valence-electron chi connectivity index (χ0n) is 4.99. The molecule has 2 heteroatoms. The van der Waals surface area contributed by atoms with Crippen LogP contribution in [0.1, 0.15) is 19.8 Å². The van der Waals surface area contributed by atoms with Crippen molar-refractivity contribution in [2.75, 3.05) is 0 Å². The topological polar surface area (TPSA) is 0 Å². The largest absolute Gasteiger partial charge is 1.00 e. The van der Waals surface area contributed by atoms with Crippen molar-refractivity contribution < 1.29 is 17.1 Å². The summed E-state index contributed by atoms with van der Waals surface area (Å²) in [4.78, 5) is 1.79. The molecule has 0 radical (unpaired) electrons. The second-order valence-corrected chi connectivity index (χ2v) is 3.49. The van der Waals surface area contributed by atoms with Gasteiger partial charge in [-0.15, -0.1) is 0 Å². The van der Waals surface area contributed by atoms with E-state index < -0.39 is 0 Å². The Balaban J connectivity index is 0. The van der Waals surface area contributed by atoms with E-state index in [1.165, 1.54) is 18.2 Å². The molecule has 0 bridgehead atoms. The maximum Gasteiger partial charge on any atom is 1.00 e. The number of rotatable bonds is 4. The van der Waals surface area contributed by atoms with E-state index in [1.54, 1.807) is 4.97 Å². The molecule has 0 atom stereocenters. The molecule has 0 aliphatic rings. The van der Waals surface area contributed by atoms with Crippen LogP contribution >= 0.6 is 0 Å². The van der Waals surface area contributed by atoms with Gasteiger partial charge < -0.3 is 0 Å². The average Bonchev–Trinajstić information content (AvgIpc) is 1.69. The zero-order chi connectivity index (χ0) is 5.54. The van der Waals surface area contributed by atoms with Crippen molar-refractivity contribution in [3.8, 4) is 0 Å². The molecule has 52 valence electrons. The number of hydrogen-bond acceptors (Lipinski definition) is 0. The van der Waals surface area contributed by atoms with E-state index in [2.05, 4.69) is 6.92 Å². The molecule has 0 saturated heterocycles. The standard InChI is InChI=1S/C6H11Se.Cu/c1-3-5-6-7-4-2;/h2,4H,3,5-6H2,1H3;/q-1;+1. The molecule has 0 N–H and O–H groups in total. The summed E-state index contributed by atoms with van der Waals surface area (Å²) in [6.45, 7) is 7.37. The van der Waals surface area contributed by atoms with Crippen LogP contribution < -0.4 is 0 Å². The first-order chi connectivity index (χ1) is 3.41. The van der Waals surface area contributed by atoms with Crippen molar-refractivity contribution in [1.29, 1.82) is 0 Å². The Morgan fingerprint density at radius 1 is 1.62 bits per heavy atom. The average molecular weight is 226 g/mol. The Morgan fingerprint density at radius 2 is 2.25 bits per heavy atom. The predicted molar refractivity (Wildman–Crippen MR) is 34.3 cm³/mol. The van der Waals surface area contributed by atoms with Crippen LogP contribution in [0.2, 0.25) is 5.32 Å². The molecular formula is C6H11CuSe. The molecule has 0 rings (SSSR count). The maximum absolute atomic E-state index is 5.17. The molecule has 0 aromatic rings. The maximum atomic E-state index is 5.17. The molecule has 8 heavy (non-hydrogen) atoms. The van der Waals surface area contributed by atoms with Crippen molar-refractivity contribution in [2.45, 2.75) is 25.1 Å². The van der Waals surface area contributed by atoms with Gasteiger partial charge in [-0.2, -0.15) is 0 Å². The van der Waals surface area contributed by atoms with Gasteiger partial charge in [-0.1, -0.05) is 0 Å². The summed E-state index contributed by atoms with van der Waals surface area (Å²) >= 11 is 0.621. The van der Waals surface area contributed by atoms with Crippen LogP contribution in [0.4, 0.5) is 0 Å². The van der Waals surface area contributed by atoms with Crippen LogP contribution in [0.3, 0.4) is 0 Å². The van der Waals surface area contributed by atoms with E-state index in [9.17, 15) is 0 Å². The Morgan fingerprint density at radius 3 is 2.62 bits per heavy atom. The van der Waals surface area contributed by atoms with Gasteiger partial charge >= 0.3 is 68.7 Å². The molecule has 0 aromatic carbocycles. The molecule has 0 heterocycles. The summed E-state index contributed by atoms with van der Waals surface area (Å²) in [5.41, 5.74) is 0. The summed E-state index contributed by atoms with van der Waals surface area (Å²) in [6, 6.07) is 0. The molecule has 0 aliphatic carbocycles. The van der Waals surface area contributed by atoms with E-state index >= 15 is 0 Å². The van der Waals surface area contributed by atoms with Crippen LogP contribution in [0.5, 0.6) is 0 Å². The zero-order valence-corrected chi connectivity index (χ0v) is 7.64. The molecule has 0 fully saturated rings. The first-order valence-corrected chi connectivity index (χ1v) is 4.77. The van der Waals surface area contributed by atoms with Crippen molar-refractivity contribution in [1.82, 2.24) is 0 Å². The fraction of sp³-hybridized carbons (Fsp3) is 0.667. The minimum Gasteiger partial charge on any atom is 1.00 e.